The molecule has 0 radical (unpaired) electrons. The van der Waals surface area contributed by atoms with Crippen molar-refractivity contribution in [3.63, 3.8) is 0 Å². The molecule has 0 aromatic heterocycles. The molecule has 0 aromatic carbocycles. The lowest BCUT2D eigenvalue weighted by Gasteiger charge is -2.34. The largest absolute Gasteiger partial charge is 0.309 e. The Labute approximate surface area is 106 Å². The van der Waals surface area contributed by atoms with Gasteiger partial charge in [-0.05, 0) is 44.6 Å². The van der Waals surface area contributed by atoms with Gasteiger partial charge in [-0.25, -0.2) is 0 Å². The zero-order chi connectivity index (χ0) is 11.7. The summed E-state index contributed by atoms with van der Waals surface area (Å²) < 4.78 is 0. The van der Waals surface area contributed by atoms with Crippen molar-refractivity contribution in [1.82, 2.24) is 10.2 Å². The maximum absolute atomic E-state index is 4.04. The van der Waals surface area contributed by atoms with Gasteiger partial charge in [0.25, 0.3) is 0 Å². The van der Waals surface area contributed by atoms with Crippen LogP contribution in [-0.2, 0) is 0 Å². The molecule has 1 aliphatic carbocycles. The number of nitrogens with one attached hydrogen (secondary N) is 1. The molecule has 2 nitrogen and oxygen atoms in total. The van der Waals surface area contributed by atoms with Crippen LogP contribution in [0.5, 0.6) is 0 Å². The zero-order valence-corrected chi connectivity index (χ0v) is 11.3. The average molecular weight is 236 g/mol. The van der Waals surface area contributed by atoms with Gasteiger partial charge >= 0.3 is 0 Å². The normalized spacial score (nSPS) is 42.9. The van der Waals surface area contributed by atoms with Gasteiger partial charge in [-0.1, -0.05) is 26.2 Å². The smallest absolute Gasteiger partial charge is 0.0249 e. The Kier molecular flexibility index (Phi) is 3.72. The summed E-state index contributed by atoms with van der Waals surface area (Å²) in [4.78, 5) is 2.75. The van der Waals surface area contributed by atoms with Crippen LogP contribution < -0.4 is 5.32 Å². The summed E-state index contributed by atoms with van der Waals surface area (Å²) in [5.74, 6) is 0.965. The molecule has 2 aliphatic heterocycles. The molecule has 0 spiro atoms. The van der Waals surface area contributed by atoms with Gasteiger partial charge in [0.05, 0.1) is 0 Å². The Balaban J connectivity index is 1.58. The van der Waals surface area contributed by atoms with E-state index in [0.29, 0.717) is 0 Å². The second-order valence-corrected chi connectivity index (χ2v) is 6.37. The third-order valence-corrected chi connectivity index (χ3v) is 5.47. The predicted molar refractivity (Wildman–Crippen MR) is 72.2 cm³/mol. The van der Waals surface area contributed by atoms with Gasteiger partial charge in [0, 0.05) is 24.7 Å². The minimum atomic E-state index is 0.812. The van der Waals surface area contributed by atoms with Crippen molar-refractivity contribution in [2.45, 2.75) is 76.4 Å². The van der Waals surface area contributed by atoms with Crippen molar-refractivity contribution in [2.75, 3.05) is 13.1 Å². The van der Waals surface area contributed by atoms with Gasteiger partial charge < -0.3 is 5.32 Å². The molecule has 17 heavy (non-hydrogen) atoms. The van der Waals surface area contributed by atoms with E-state index in [0.717, 1.165) is 24.0 Å². The SMILES string of the molecule is CCC1CCCC1NC1CCN2CCCCC12. The number of nitrogens with zero attached hydrogens (tertiary/aromatic N) is 1. The molecule has 98 valence electrons. The summed E-state index contributed by atoms with van der Waals surface area (Å²) in [6.45, 7) is 5.09. The predicted octanol–water partition coefficient (Wildman–Crippen LogP) is 2.78. The first-order valence-corrected chi connectivity index (χ1v) is 7.88. The molecule has 4 atom stereocenters. The van der Waals surface area contributed by atoms with Crippen LogP contribution in [0.4, 0.5) is 0 Å². The molecular formula is C15H28N2. The molecule has 1 saturated carbocycles. The first kappa shape index (κ1) is 12.0. The molecule has 3 aliphatic rings. The maximum Gasteiger partial charge on any atom is 0.0249 e. The number of piperidine rings is 1. The molecular weight excluding hydrogens is 208 g/mol. The van der Waals surface area contributed by atoms with Crippen molar-refractivity contribution in [2.24, 2.45) is 5.92 Å². The van der Waals surface area contributed by atoms with Crippen LogP contribution in [0.3, 0.4) is 0 Å². The highest BCUT2D eigenvalue weighted by Crippen LogP contribution is 2.32. The summed E-state index contributed by atoms with van der Waals surface area (Å²) in [5.41, 5.74) is 0. The molecule has 2 saturated heterocycles. The maximum atomic E-state index is 4.04. The van der Waals surface area contributed by atoms with Crippen molar-refractivity contribution < 1.29 is 0 Å². The van der Waals surface area contributed by atoms with Crippen LogP contribution in [-0.4, -0.2) is 36.1 Å². The molecule has 0 bridgehead atoms. The highest BCUT2D eigenvalue weighted by molar-refractivity contribution is 4.97. The van der Waals surface area contributed by atoms with E-state index in [1.165, 1.54) is 64.5 Å². The van der Waals surface area contributed by atoms with E-state index in [-0.39, 0.29) is 0 Å². The molecule has 2 heteroatoms. The fourth-order valence-electron chi connectivity index (χ4n) is 4.46. The minimum absolute atomic E-state index is 0.812. The summed E-state index contributed by atoms with van der Waals surface area (Å²) in [6.07, 6.45) is 11.5. The Morgan fingerprint density at radius 3 is 2.76 bits per heavy atom. The van der Waals surface area contributed by atoms with Crippen molar-refractivity contribution >= 4 is 0 Å². The van der Waals surface area contributed by atoms with Crippen molar-refractivity contribution in [3.8, 4) is 0 Å². The summed E-state index contributed by atoms with van der Waals surface area (Å²) in [7, 11) is 0. The number of hydrogen-bond acceptors (Lipinski definition) is 2. The van der Waals surface area contributed by atoms with Crippen LogP contribution in [0.15, 0.2) is 0 Å². The highest BCUT2D eigenvalue weighted by atomic mass is 15.2. The molecule has 2 heterocycles. The summed E-state index contributed by atoms with van der Waals surface area (Å²) in [5, 5.41) is 4.04. The Hall–Kier alpha value is -0.0800. The van der Waals surface area contributed by atoms with Gasteiger partial charge in [-0.15, -0.1) is 0 Å². The number of hydrogen-bond donors (Lipinski definition) is 1. The minimum Gasteiger partial charge on any atom is -0.309 e. The third-order valence-electron chi connectivity index (χ3n) is 5.47. The van der Waals surface area contributed by atoms with Gasteiger partial charge in [-0.2, -0.15) is 0 Å². The quantitative estimate of drug-likeness (QED) is 0.810. The van der Waals surface area contributed by atoms with E-state index in [4.69, 9.17) is 0 Å². The lowest BCUT2D eigenvalue weighted by atomic mass is 9.95. The molecule has 0 amide bonds. The van der Waals surface area contributed by atoms with Crippen LogP contribution in [0.25, 0.3) is 0 Å². The molecule has 3 fully saturated rings. The van der Waals surface area contributed by atoms with Gasteiger partial charge in [0.15, 0.2) is 0 Å². The molecule has 3 rings (SSSR count). The van der Waals surface area contributed by atoms with Gasteiger partial charge in [0.1, 0.15) is 0 Å². The van der Waals surface area contributed by atoms with Crippen LogP contribution in [0.1, 0.15) is 58.3 Å². The van der Waals surface area contributed by atoms with E-state index in [1.54, 1.807) is 0 Å². The Morgan fingerprint density at radius 1 is 0.941 bits per heavy atom. The van der Waals surface area contributed by atoms with E-state index >= 15 is 0 Å². The van der Waals surface area contributed by atoms with Crippen LogP contribution in [0, 0.1) is 5.92 Å². The first-order valence-electron chi connectivity index (χ1n) is 7.88. The van der Waals surface area contributed by atoms with Crippen molar-refractivity contribution in [1.29, 1.82) is 0 Å². The molecule has 1 N–H and O–H groups in total. The van der Waals surface area contributed by atoms with Crippen molar-refractivity contribution in [3.05, 3.63) is 0 Å². The van der Waals surface area contributed by atoms with Gasteiger partial charge in [0.2, 0.25) is 0 Å². The topological polar surface area (TPSA) is 15.3 Å². The fraction of sp³-hybridized carbons (Fsp3) is 1.00. The van der Waals surface area contributed by atoms with Crippen LogP contribution >= 0.6 is 0 Å². The van der Waals surface area contributed by atoms with E-state index in [1.807, 2.05) is 0 Å². The van der Waals surface area contributed by atoms with E-state index in [9.17, 15) is 0 Å². The first-order chi connectivity index (χ1) is 8.38. The standard InChI is InChI=1S/C15H28N2/c1-2-12-6-5-7-13(12)16-14-9-11-17-10-4-3-8-15(14)17/h12-16H,2-11H2,1H3. The van der Waals surface area contributed by atoms with E-state index < -0.39 is 0 Å². The van der Waals surface area contributed by atoms with Crippen LogP contribution in [0.2, 0.25) is 0 Å². The fourth-order valence-corrected chi connectivity index (χ4v) is 4.46. The monoisotopic (exact) mass is 236 g/mol. The summed E-state index contributed by atoms with van der Waals surface area (Å²) >= 11 is 0. The lowest BCUT2D eigenvalue weighted by Crippen LogP contribution is -2.49. The summed E-state index contributed by atoms with van der Waals surface area (Å²) in [6, 6.07) is 2.53. The van der Waals surface area contributed by atoms with E-state index in [2.05, 4.69) is 17.1 Å². The highest BCUT2D eigenvalue weighted by Gasteiger charge is 2.38. The Bertz CT molecular complexity index is 253. The van der Waals surface area contributed by atoms with Gasteiger partial charge in [-0.3, -0.25) is 4.90 Å². The third kappa shape index (κ3) is 2.39. The second-order valence-electron chi connectivity index (χ2n) is 6.37. The number of fused-ring (bicyclic) bond motifs is 1. The number of rotatable bonds is 3. The average Bonchev–Trinajstić information content (AvgIpc) is 2.97. The molecule has 0 aromatic rings. The Morgan fingerprint density at radius 2 is 1.88 bits per heavy atom. The molecule has 4 unspecified atom stereocenters. The second kappa shape index (κ2) is 5.27. The zero-order valence-electron chi connectivity index (χ0n) is 11.3. The lowest BCUT2D eigenvalue weighted by molar-refractivity contribution is 0.173.